The molecule has 0 radical (unpaired) electrons. The van der Waals surface area contributed by atoms with Gasteiger partial charge in [-0.1, -0.05) is 12.1 Å². The largest absolute Gasteiger partial charge is 0.454 e. The Morgan fingerprint density at radius 1 is 1.25 bits per heavy atom. The fraction of sp³-hybridized carbons (Fsp3) is 0.375. The van der Waals surface area contributed by atoms with Crippen LogP contribution in [0.15, 0.2) is 35.7 Å². The van der Waals surface area contributed by atoms with E-state index < -0.39 is 0 Å². The molecule has 0 saturated heterocycles. The molecule has 0 amide bonds. The van der Waals surface area contributed by atoms with Gasteiger partial charge in [0, 0.05) is 17.5 Å². The van der Waals surface area contributed by atoms with Gasteiger partial charge in [0.05, 0.1) is 0 Å². The number of rotatable bonds is 6. The van der Waals surface area contributed by atoms with E-state index in [-0.39, 0.29) is 0 Å². The first kappa shape index (κ1) is 13.5. The zero-order chi connectivity index (χ0) is 13.8. The maximum atomic E-state index is 5.41. The molecule has 3 nitrogen and oxygen atoms in total. The molecule has 2 heterocycles. The van der Waals surface area contributed by atoms with Gasteiger partial charge in [0.25, 0.3) is 0 Å². The normalized spacial score (nSPS) is 14.4. The van der Waals surface area contributed by atoms with E-state index in [1.54, 1.807) is 11.3 Å². The molecule has 1 aliphatic rings. The first-order chi connectivity index (χ1) is 9.81. The van der Waals surface area contributed by atoms with Crippen molar-refractivity contribution in [2.45, 2.75) is 32.4 Å². The molecule has 0 spiro atoms. The molecular weight excluding hydrogens is 270 g/mol. The lowest BCUT2D eigenvalue weighted by atomic mass is 10.1. The van der Waals surface area contributed by atoms with Crippen molar-refractivity contribution in [1.82, 2.24) is 5.32 Å². The van der Waals surface area contributed by atoms with E-state index >= 15 is 0 Å². The van der Waals surface area contributed by atoms with Crippen molar-refractivity contribution in [2.75, 3.05) is 6.79 Å². The number of fused-ring (bicyclic) bond motifs is 1. The topological polar surface area (TPSA) is 30.5 Å². The van der Waals surface area contributed by atoms with Gasteiger partial charge >= 0.3 is 0 Å². The maximum absolute atomic E-state index is 5.41. The van der Waals surface area contributed by atoms with Crippen LogP contribution in [0.5, 0.6) is 11.5 Å². The molecule has 1 aromatic heterocycles. The average molecular weight is 289 g/mol. The molecule has 106 valence electrons. The molecule has 1 aliphatic heterocycles. The highest BCUT2D eigenvalue weighted by Crippen LogP contribution is 2.32. The van der Waals surface area contributed by atoms with Gasteiger partial charge in [0.1, 0.15) is 0 Å². The summed E-state index contributed by atoms with van der Waals surface area (Å²) in [5, 5.41) is 5.68. The van der Waals surface area contributed by atoms with Gasteiger partial charge in [0.2, 0.25) is 6.79 Å². The Morgan fingerprint density at radius 2 is 2.15 bits per heavy atom. The third-order valence-corrected chi connectivity index (χ3v) is 4.38. The van der Waals surface area contributed by atoms with E-state index in [1.807, 2.05) is 6.07 Å². The van der Waals surface area contributed by atoms with Crippen LogP contribution >= 0.6 is 11.3 Å². The number of nitrogens with one attached hydrogen (secondary N) is 1. The van der Waals surface area contributed by atoms with Crippen LogP contribution in [-0.4, -0.2) is 12.8 Å². The smallest absolute Gasteiger partial charge is 0.231 e. The number of ether oxygens (including phenoxy) is 2. The lowest BCUT2D eigenvalue weighted by molar-refractivity contribution is 0.174. The zero-order valence-corrected chi connectivity index (χ0v) is 12.4. The second kappa shape index (κ2) is 6.29. The first-order valence-corrected chi connectivity index (χ1v) is 7.83. The molecule has 4 heteroatoms. The van der Waals surface area contributed by atoms with Gasteiger partial charge in [-0.2, -0.15) is 0 Å². The molecule has 0 aliphatic carbocycles. The number of thiophene rings is 1. The van der Waals surface area contributed by atoms with Crippen molar-refractivity contribution < 1.29 is 9.47 Å². The molecule has 0 saturated carbocycles. The van der Waals surface area contributed by atoms with Gasteiger partial charge in [0.15, 0.2) is 11.5 Å². The van der Waals surface area contributed by atoms with Crippen LogP contribution in [0.1, 0.15) is 23.8 Å². The second-order valence-corrected chi connectivity index (χ2v) is 6.12. The molecule has 0 bridgehead atoms. The molecule has 1 N–H and O–H groups in total. The Kier molecular flexibility index (Phi) is 4.23. The van der Waals surface area contributed by atoms with Crippen LogP contribution in [-0.2, 0) is 13.0 Å². The van der Waals surface area contributed by atoms with Crippen LogP contribution in [0.2, 0.25) is 0 Å². The van der Waals surface area contributed by atoms with E-state index in [2.05, 4.69) is 41.9 Å². The number of hydrogen-bond donors (Lipinski definition) is 1. The van der Waals surface area contributed by atoms with Crippen molar-refractivity contribution in [2.24, 2.45) is 0 Å². The summed E-state index contributed by atoms with van der Waals surface area (Å²) >= 11 is 1.80. The Hall–Kier alpha value is -1.52. The summed E-state index contributed by atoms with van der Waals surface area (Å²) in [4.78, 5) is 1.39. The van der Waals surface area contributed by atoms with Crippen LogP contribution in [0, 0.1) is 0 Å². The molecule has 1 unspecified atom stereocenters. The molecule has 20 heavy (non-hydrogen) atoms. The molecule has 3 rings (SSSR count). The number of hydrogen-bond acceptors (Lipinski definition) is 4. The van der Waals surface area contributed by atoms with E-state index in [1.165, 1.54) is 10.4 Å². The second-order valence-electron chi connectivity index (χ2n) is 5.09. The van der Waals surface area contributed by atoms with Crippen molar-refractivity contribution in [3.63, 3.8) is 0 Å². The lowest BCUT2D eigenvalue weighted by Crippen LogP contribution is -2.25. The Labute approximate surface area is 123 Å². The highest BCUT2D eigenvalue weighted by molar-refractivity contribution is 7.09. The Balaban J connectivity index is 1.46. The van der Waals surface area contributed by atoms with Gasteiger partial charge in [-0.25, -0.2) is 0 Å². The standard InChI is InChI=1S/C16H19NO2S/c1-12(17-10-14-3-2-8-20-14)4-5-13-6-7-15-16(9-13)19-11-18-15/h2-3,6-9,12,17H,4-5,10-11H2,1H3. The molecule has 0 fully saturated rings. The molecular formula is C16H19NO2S. The quantitative estimate of drug-likeness (QED) is 0.881. The first-order valence-electron chi connectivity index (χ1n) is 6.95. The minimum absolute atomic E-state index is 0.345. The number of benzene rings is 1. The number of aryl methyl sites for hydroxylation is 1. The monoisotopic (exact) mass is 289 g/mol. The van der Waals surface area contributed by atoms with E-state index in [0.29, 0.717) is 12.8 Å². The van der Waals surface area contributed by atoms with Gasteiger partial charge < -0.3 is 14.8 Å². The summed E-state index contributed by atoms with van der Waals surface area (Å²) in [6.45, 7) is 3.54. The van der Waals surface area contributed by atoms with Crippen LogP contribution in [0.4, 0.5) is 0 Å². The van der Waals surface area contributed by atoms with E-state index in [0.717, 1.165) is 30.9 Å². The van der Waals surface area contributed by atoms with Crippen molar-refractivity contribution >= 4 is 11.3 Å². The third kappa shape index (κ3) is 3.32. The van der Waals surface area contributed by atoms with Crippen LogP contribution in [0.3, 0.4) is 0 Å². The van der Waals surface area contributed by atoms with Crippen LogP contribution in [0.25, 0.3) is 0 Å². The lowest BCUT2D eigenvalue weighted by Gasteiger charge is -2.13. The van der Waals surface area contributed by atoms with Crippen LogP contribution < -0.4 is 14.8 Å². The summed E-state index contributed by atoms with van der Waals surface area (Å²) in [5.41, 5.74) is 1.30. The fourth-order valence-corrected chi connectivity index (χ4v) is 2.93. The highest BCUT2D eigenvalue weighted by Gasteiger charge is 2.13. The summed E-state index contributed by atoms with van der Waals surface area (Å²) in [6, 6.07) is 11.0. The van der Waals surface area contributed by atoms with E-state index in [9.17, 15) is 0 Å². The molecule has 1 atom stereocenters. The predicted molar refractivity (Wildman–Crippen MR) is 81.5 cm³/mol. The Morgan fingerprint density at radius 3 is 3.00 bits per heavy atom. The van der Waals surface area contributed by atoms with Gasteiger partial charge in [-0.05, 0) is 48.9 Å². The molecule has 1 aromatic carbocycles. The molecule has 2 aromatic rings. The predicted octanol–water partition coefficient (Wildman–Crippen LogP) is 3.59. The summed E-state index contributed by atoms with van der Waals surface area (Å²) in [6.07, 6.45) is 2.17. The van der Waals surface area contributed by atoms with E-state index in [4.69, 9.17) is 9.47 Å². The third-order valence-electron chi connectivity index (χ3n) is 3.51. The Bertz CT molecular complexity index is 554. The summed E-state index contributed by atoms with van der Waals surface area (Å²) < 4.78 is 10.7. The fourth-order valence-electron chi connectivity index (χ4n) is 2.27. The maximum Gasteiger partial charge on any atom is 0.231 e. The summed E-state index contributed by atoms with van der Waals surface area (Å²) in [5.74, 6) is 1.74. The SMILES string of the molecule is CC(CCc1ccc2c(c1)OCO2)NCc1cccs1. The average Bonchev–Trinajstić information content (AvgIpc) is 3.13. The van der Waals surface area contributed by atoms with Crippen molar-refractivity contribution in [3.05, 3.63) is 46.2 Å². The van der Waals surface area contributed by atoms with Gasteiger partial charge in [-0.15, -0.1) is 11.3 Å². The van der Waals surface area contributed by atoms with Crippen molar-refractivity contribution in [3.8, 4) is 11.5 Å². The van der Waals surface area contributed by atoms with Crippen molar-refractivity contribution in [1.29, 1.82) is 0 Å². The summed E-state index contributed by atoms with van der Waals surface area (Å²) in [7, 11) is 0. The van der Waals surface area contributed by atoms with Gasteiger partial charge in [-0.3, -0.25) is 0 Å². The minimum atomic E-state index is 0.345. The minimum Gasteiger partial charge on any atom is -0.454 e. The highest BCUT2D eigenvalue weighted by atomic mass is 32.1. The zero-order valence-electron chi connectivity index (χ0n) is 11.6.